The Morgan fingerprint density at radius 1 is 1.28 bits per heavy atom. The van der Waals surface area contributed by atoms with E-state index >= 15 is 0 Å². The lowest BCUT2D eigenvalue weighted by molar-refractivity contribution is -0.137. The maximum absolute atomic E-state index is 11.9. The second kappa shape index (κ2) is 5.08. The van der Waals surface area contributed by atoms with Crippen molar-refractivity contribution in [3.05, 3.63) is 23.3 Å². The zero-order chi connectivity index (χ0) is 13.1. The quantitative estimate of drug-likeness (QED) is 0.462. The molecular formula is C13H14O5. The molecule has 0 spiro atoms. The third-order valence-corrected chi connectivity index (χ3v) is 2.70. The van der Waals surface area contributed by atoms with Crippen molar-refractivity contribution in [1.29, 1.82) is 0 Å². The molecule has 0 aromatic heterocycles. The Morgan fingerprint density at radius 3 is 2.72 bits per heavy atom. The van der Waals surface area contributed by atoms with Gasteiger partial charge in [0.1, 0.15) is 0 Å². The molecule has 96 valence electrons. The van der Waals surface area contributed by atoms with Gasteiger partial charge in [-0.1, -0.05) is 6.92 Å². The SMILES string of the molecule is CCOC(=O)C(=O)c1ccc2c(c1CC)OCO2. The molecule has 0 atom stereocenters. The summed E-state index contributed by atoms with van der Waals surface area (Å²) in [6.45, 7) is 3.86. The van der Waals surface area contributed by atoms with Gasteiger partial charge in [0, 0.05) is 11.1 Å². The van der Waals surface area contributed by atoms with E-state index in [4.69, 9.17) is 14.2 Å². The lowest BCUT2D eigenvalue weighted by atomic mass is 10.00. The van der Waals surface area contributed by atoms with Gasteiger partial charge in [0.05, 0.1) is 6.61 Å². The van der Waals surface area contributed by atoms with Gasteiger partial charge in [-0.25, -0.2) is 4.79 Å². The van der Waals surface area contributed by atoms with E-state index in [-0.39, 0.29) is 13.4 Å². The summed E-state index contributed by atoms with van der Waals surface area (Å²) in [7, 11) is 0. The molecule has 0 unspecified atom stereocenters. The molecule has 0 N–H and O–H groups in total. The summed E-state index contributed by atoms with van der Waals surface area (Å²) in [4.78, 5) is 23.4. The number of carbonyl (C=O) groups is 2. The fourth-order valence-corrected chi connectivity index (χ4v) is 1.90. The monoisotopic (exact) mass is 250 g/mol. The van der Waals surface area contributed by atoms with E-state index in [2.05, 4.69) is 0 Å². The number of fused-ring (bicyclic) bond motifs is 1. The van der Waals surface area contributed by atoms with Gasteiger partial charge >= 0.3 is 5.97 Å². The van der Waals surface area contributed by atoms with Crippen LogP contribution in [-0.2, 0) is 16.0 Å². The number of hydrogen-bond acceptors (Lipinski definition) is 5. The molecule has 18 heavy (non-hydrogen) atoms. The van der Waals surface area contributed by atoms with Crippen molar-refractivity contribution < 1.29 is 23.8 Å². The van der Waals surface area contributed by atoms with Gasteiger partial charge in [0.25, 0.3) is 5.78 Å². The average molecular weight is 250 g/mol. The third kappa shape index (κ3) is 2.03. The first kappa shape index (κ1) is 12.4. The molecule has 0 bridgehead atoms. The van der Waals surface area contributed by atoms with E-state index in [0.717, 1.165) is 0 Å². The summed E-state index contributed by atoms with van der Waals surface area (Å²) < 4.78 is 15.3. The largest absolute Gasteiger partial charge is 0.460 e. The van der Waals surface area contributed by atoms with Gasteiger partial charge in [-0.2, -0.15) is 0 Å². The van der Waals surface area contributed by atoms with E-state index in [0.29, 0.717) is 29.0 Å². The number of Topliss-reactive ketones (excluding diaryl/α,β-unsaturated/α-hetero) is 1. The minimum atomic E-state index is -0.842. The Morgan fingerprint density at radius 2 is 2.06 bits per heavy atom. The molecule has 0 radical (unpaired) electrons. The first-order valence-corrected chi connectivity index (χ1v) is 5.82. The van der Waals surface area contributed by atoms with Gasteiger partial charge in [-0.3, -0.25) is 4.79 Å². The highest BCUT2D eigenvalue weighted by Crippen LogP contribution is 2.38. The molecule has 0 amide bonds. The molecule has 1 aromatic rings. The minimum Gasteiger partial charge on any atom is -0.460 e. The normalized spacial score (nSPS) is 12.3. The molecule has 1 aliphatic rings. The van der Waals surface area contributed by atoms with Crippen molar-refractivity contribution in [1.82, 2.24) is 0 Å². The second-order valence-electron chi connectivity index (χ2n) is 3.73. The zero-order valence-corrected chi connectivity index (χ0v) is 10.3. The number of hydrogen-bond donors (Lipinski definition) is 0. The smallest absolute Gasteiger partial charge is 0.379 e. The highest BCUT2D eigenvalue weighted by molar-refractivity contribution is 6.41. The van der Waals surface area contributed by atoms with Crippen LogP contribution in [0, 0.1) is 0 Å². The van der Waals surface area contributed by atoms with Crippen LogP contribution in [0.4, 0.5) is 0 Å². The summed E-state index contributed by atoms with van der Waals surface area (Å²) in [6, 6.07) is 3.21. The van der Waals surface area contributed by atoms with Crippen LogP contribution in [-0.4, -0.2) is 25.2 Å². The molecule has 0 saturated heterocycles. The number of ether oxygens (including phenoxy) is 3. The molecule has 1 aromatic carbocycles. The van der Waals surface area contributed by atoms with E-state index in [9.17, 15) is 9.59 Å². The molecule has 1 aliphatic heterocycles. The lowest BCUT2D eigenvalue weighted by Crippen LogP contribution is -2.19. The Labute approximate surface area is 105 Å². The number of benzene rings is 1. The number of rotatable bonds is 4. The maximum Gasteiger partial charge on any atom is 0.379 e. The highest BCUT2D eigenvalue weighted by Gasteiger charge is 2.26. The molecule has 2 rings (SSSR count). The standard InChI is InChI=1S/C13H14O5/c1-3-8-9(11(14)13(15)16-4-2)5-6-10-12(8)18-7-17-10/h5-6H,3-4,7H2,1-2H3. The summed E-state index contributed by atoms with van der Waals surface area (Å²) in [6.07, 6.45) is 0.576. The van der Waals surface area contributed by atoms with E-state index < -0.39 is 11.8 Å². The molecule has 0 fully saturated rings. The number of ketones is 1. The molecule has 1 heterocycles. The first-order valence-electron chi connectivity index (χ1n) is 5.82. The third-order valence-electron chi connectivity index (χ3n) is 2.70. The van der Waals surface area contributed by atoms with Gasteiger partial charge < -0.3 is 14.2 Å². The van der Waals surface area contributed by atoms with Crippen LogP contribution in [0.15, 0.2) is 12.1 Å². The van der Waals surface area contributed by atoms with Gasteiger partial charge in [-0.15, -0.1) is 0 Å². The van der Waals surface area contributed by atoms with Crippen molar-refractivity contribution in [2.45, 2.75) is 20.3 Å². The van der Waals surface area contributed by atoms with Crippen LogP contribution in [0.3, 0.4) is 0 Å². The summed E-state index contributed by atoms with van der Waals surface area (Å²) in [5, 5.41) is 0. The Balaban J connectivity index is 2.39. The van der Waals surface area contributed by atoms with E-state index in [1.165, 1.54) is 0 Å². The molecule has 5 nitrogen and oxygen atoms in total. The van der Waals surface area contributed by atoms with Crippen molar-refractivity contribution in [2.75, 3.05) is 13.4 Å². The lowest BCUT2D eigenvalue weighted by Gasteiger charge is -2.09. The molecule has 0 aliphatic carbocycles. The fourth-order valence-electron chi connectivity index (χ4n) is 1.90. The Bertz CT molecular complexity index is 492. The van der Waals surface area contributed by atoms with Crippen LogP contribution in [0.25, 0.3) is 0 Å². The molecule has 5 heteroatoms. The summed E-state index contributed by atoms with van der Waals surface area (Å²) >= 11 is 0. The minimum absolute atomic E-state index is 0.138. The van der Waals surface area contributed by atoms with Crippen LogP contribution >= 0.6 is 0 Å². The summed E-state index contributed by atoms with van der Waals surface area (Å²) in [5.41, 5.74) is 1.00. The molecule has 0 saturated carbocycles. The Hall–Kier alpha value is -2.04. The fraction of sp³-hybridized carbons (Fsp3) is 0.385. The number of esters is 1. The second-order valence-corrected chi connectivity index (χ2v) is 3.73. The van der Waals surface area contributed by atoms with Crippen molar-refractivity contribution in [3.63, 3.8) is 0 Å². The van der Waals surface area contributed by atoms with E-state index in [1.807, 2.05) is 6.92 Å². The van der Waals surface area contributed by atoms with Crippen molar-refractivity contribution in [2.24, 2.45) is 0 Å². The Kier molecular flexibility index (Phi) is 3.50. The molecular weight excluding hydrogens is 236 g/mol. The van der Waals surface area contributed by atoms with Crippen molar-refractivity contribution >= 4 is 11.8 Å². The van der Waals surface area contributed by atoms with Gasteiger partial charge in [0.2, 0.25) is 6.79 Å². The predicted molar refractivity (Wildman–Crippen MR) is 62.9 cm³/mol. The predicted octanol–water partition coefficient (Wildman–Crippen LogP) is 1.72. The van der Waals surface area contributed by atoms with Gasteiger partial charge in [0.15, 0.2) is 11.5 Å². The average Bonchev–Trinajstić information content (AvgIpc) is 2.85. The number of carbonyl (C=O) groups excluding carboxylic acids is 2. The van der Waals surface area contributed by atoms with Crippen LogP contribution in [0.2, 0.25) is 0 Å². The first-order chi connectivity index (χ1) is 8.69. The van der Waals surface area contributed by atoms with E-state index in [1.54, 1.807) is 19.1 Å². The van der Waals surface area contributed by atoms with Gasteiger partial charge in [-0.05, 0) is 25.5 Å². The highest BCUT2D eigenvalue weighted by atomic mass is 16.7. The van der Waals surface area contributed by atoms with Crippen molar-refractivity contribution in [3.8, 4) is 11.5 Å². The maximum atomic E-state index is 11.9. The van der Waals surface area contributed by atoms with Crippen LogP contribution in [0.1, 0.15) is 29.8 Å². The zero-order valence-electron chi connectivity index (χ0n) is 10.3. The van der Waals surface area contributed by atoms with Crippen LogP contribution in [0.5, 0.6) is 11.5 Å². The summed E-state index contributed by atoms with van der Waals surface area (Å²) in [5.74, 6) is -0.335. The topological polar surface area (TPSA) is 61.8 Å². The van der Waals surface area contributed by atoms with Crippen LogP contribution < -0.4 is 9.47 Å².